The van der Waals surface area contributed by atoms with Crippen molar-refractivity contribution in [3.05, 3.63) is 59.9 Å². The van der Waals surface area contributed by atoms with Gasteiger partial charge in [-0.1, -0.05) is 18.2 Å². The zero-order valence-electron chi connectivity index (χ0n) is 11.6. The number of hydrogen-bond donors (Lipinski definition) is 1. The van der Waals surface area contributed by atoms with Gasteiger partial charge in [0.15, 0.2) is 0 Å². The topological polar surface area (TPSA) is 42.2 Å². The van der Waals surface area contributed by atoms with E-state index in [4.69, 9.17) is 5.73 Å². The standard InChI is InChI=1S/C16H21N3/c1-3-19(12-14-8-10-18-11-9-14)16-7-5-4-6-15(16)13(2)17/h4-11,13H,3,12,17H2,1-2H3/t13-/m1/s1. The maximum Gasteiger partial charge on any atom is 0.0430 e. The molecular formula is C16H21N3. The van der Waals surface area contributed by atoms with Gasteiger partial charge in [0, 0.05) is 37.2 Å². The summed E-state index contributed by atoms with van der Waals surface area (Å²) in [4.78, 5) is 6.40. The number of anilines is 1. The van der Waals surface area contributed by atoms with Crippen LogP contribution in [-0.2, 0) is 6.54 Å². The Morgan fingerprint density at radius 1 is 1.16 bits per heavy atom. The van der Waals surface area contributed by atoms with Gasteiger partial charge in [-0.15, -0.1) is 0 Å². The first-order chi connectivity index (χ1) is 9.22. The Labute approximate surface area is 115 Å². The number of benzene rings is 1. The van der Waals surface area contributed by atoms with Gasteiger partial charge in [-0.3, -0.25) is 4.98 Å². The lowest BCUT2D eigenvalue weighted by atomic mass is 10.1. The Balaban J connectivity index is 2.27. The van der Waals surface area contributed by atoms with E-state index < -0.39 is 0 Å². The highest BCUT2D eigenvalue weighted by Gasteiger charge is 2.12. The van der Waals surface area contributed by atoms with Crippen LogP contribution in [0.2, 0.25) is 0 Å². The highest BCUT2D eigenvalue weighted by molar-refractivity contribution is 5.55. The molecule has 3 heteroatoms. The third-order valence-corrected chi connectivity index (χ3v) is 3.27. The largest absolute Gasteiger partial charge is 0.367 e. The summed E-state index contributed by atoms with van der Waals surface area (Å²) in [6.07, 6.45) is 3.67. The van der Waals surface area contributed by atoms with Gasteiger partial charge in [-0.25, -0.2) is 0 Å². The predicted molar refractivity (Wildman–Crippen MR) is 80.0 cm³/mol. The number of nitrogens with zero attached hydrogens (tertiary/aromatic N) is 2. The van der Waals surface area contributed by atoms with Crippen LogP contribution >= 0.6 is 0 Å². The fourth-order valence-electron chi connectivity index (χ4n) is 2.24. The van der Waals surface area contributed by atoms with Crippen molar-refractivity contribution >= 4 is 5.69 Å². The molecule has 0 saturated carbocycles. The Bertz CT molecular complexity index is 508. The van der Waals surface area contributed by atoms with Crippen LogP contribution < -0.4 is 10.6 Å². The molecule has 0 amide bonds. The summed E-state index contributed by atoms with van der Waals surface area (Å²) < 4.78 is 0. The second-order valence-electron chi connectivity index (χ2n) is 4.72. The van der Waals surface area contributed by atoms with Crippen LogP contribution in [0.3, 0.4) is 0 Å². The molecule has 0 saturated heterocycles. The zero-order chi connectivity index (χ0) is 13.7. The molecule has 0 bridgehead atoms. The minimum Gasteiger partial charge on any atom is -0.367 e. The van der Waals surface area contributed by atoms with Crippen LogP contribution in [0.4, 0.5) is 5.69 Å². The second kappa shape index (κ2) is 6.34. The number of hydrogen-bond acceptors (Lipinski definition) is 3. The van der Waals surface area contributed by atoms with Crippen molar-refractivity contribution in [3.8, 4) is 0 Å². The lowest BCUT2D eigenvalue weighted by Crippen LogP contribution is -2.24. The smallest absolute Gasteiger partial charge is 0.0430 e. The number of para-hydroxylation sites is 1. The number of aromatic nitrogens is 1. The highest BCUT2D eigenvalue weighted by atomic mass is 15.1. The van der Waals surface area contributed by atoms with Crippen molar-refractivity contribution in [1.29, 1.82) is 0 Å². The van der Waals surface area contributed by atoms with Crippen molar-refractivity contribution in [2.45, 2.75) is 26.4 Å². The fourth-order valence-corrected chi connectivity index (χ4v) is 2.24. The van der Waals surface area contributed by atoms with Crippen molar-refractivity contribution in [1.82, 2.24) is 4.98 Å². The van der Waals surface area contributed by atoms with Crippen LogP contribution in [0, 0.1) is 0 Å². The molecule has 100 valence electrons. The molecule has 0 unspecified atom stereocenters. The first-order valence-electron chi connectivity index (χ1n) is 6.70. The van der Waals surface area contributed by atoms with Crippen LogP contribution in [-0.4, -0.2) is 11.5 Å². The monoisotopic (exact) mass is 255 g/mol. The molecule has 0 fully saturated rings. The zero-order valence-corrected chi connectivity index (χ0v) is 11.6. The average Bonchev–Trinajstić information content (AvgIpc) is 2.46. The van der Waals surface area contributed by atoms with E-state index in [0.29, 0.717) is 0 Å². The van der Waals surface area contributed by atoms with Crippen LogP contribution in [0.25, 0.3) is 0 Å². The van der Waals surface area contributed by atoms with E-state index in [1.54, 1.807) is 0 Å². The first kappa shape index (κ1) is 13.6. The van der Waals surface area contributed by atoms with E-state index in [-0.39, 0.29) is 6.04 Å². The molecule has 2 aromatic rings. The minimum absolute atomic E-state index is 0.0442. The van der Waals surface area contributed by atoms with Gasteiger partial charge >= 0.3 is 0 Å². The molecule has 0 aliphatic heterocycles. The van der Waals surface area contributed by atoms with E-state index >= 15 is 0 Å². The minimum atomic E-state index is 0.0442. The number of nitrogens with two attached hydrogens (primary N) is 1. The molecule has 0 radical (unpaired) electrons. The van der Waals surface area contributed by atoms with E-state index in [0.717, 1.165) is 13.1 Å². The number of rotatable bonds is 5. The van der Waals surface area contributed by atoms with Gasteiger partial charge in [-0.2, -0.15) is 0 Å². The van der Waals surface area contributed by atoms with Gasteiger partial charge in [0.1, 0.15) is 0 Å². The molecule has 0 aliphatic carbocycles. The number of pyridine rings is 1. The van der Waals surface area contributed by atoms with E-state index in [9.17, 15) is 0 Å². The molecule has 19 heavy (non-hydrogen) atoms. The molecule has 1 heterocycles. The molecule has 0 spiro atoms. The van der Waals surface area contributed by atoms with E-state index in [1.165, 1.54) is 16.8 Å². The molecule has 2 N–H and O–H groups in total. The van der Waals surface area contributed by atoms with Crippen molar-refractivity contribution in [2.75, 3.05) is 11.4 Å². The summed E-state index contributed by atoms with van der Waals surface area (Å²) in [5.41, 5.74) is 9.74. The summed E-state index contributed by atoms with van der Waals surface area (Å²) in [5, 5.41) is 0. The quantitative estimate of drug-likeness (QED) is 0.892. The highest BCUT2D eigenvalue weighted by Crippen LogP contribution is 2.26. The van der Waals surface area contributed by atoms with Crippen LogP contribution in [0.5, 0.6) is 0 Å². The summed E-state index contributed by atoms with van der Waals surface area (Å²) in [5.74, 6) is 0. The molecule has 0 aliphatic rings. The van der Waals surface area contributed by atoms with Gasteiger partial charge in [0.05, 0.1) is 0 Å². The Kier molecular flexibility index (Phi) is 4.53. The van der Waals surface area contributed by atoms with Crippen molar-refractivity contribution < 1.29 is 0 Å². The maximum atomic E-state index is 6.06. The summed E-state index contributed by atoms with van der Waals surface area (Å²) >= 11 is 0. The molecule has 3 nitrogen and oxygen atoms in total. The summed E-state index contributed by atoms with van der Waals surface area (Å²) in [6.45, 7) is 6.02. The van der Waals surface area contributed by atoms with Gasteiger partial charge in [0.25, 0.3) is 0 Å². The Hall–Kier alpha value is -1.87. The predicted octanol–water partition coefficient (Wildman–Crippen LogP) is 3.13. The molecule has 1 atom stereocenters. The van der Waals surface area contributed by atoms with Crippen LogP contribution in [0.15, 0.2) is 48.8 Å². The van der Waals surface area contributed by atoms with Gasteiger partial charge in [0.2, 0.25) is 0 Å². The Morgan fingerprint density at radius 2 is 1.84 bits per heavy atom. The first-order valence-corrected chi connectivity index (χ1v) is 6.70. The lowest BCUT2D eigenvalue weighted by Gasteiger charge is -2.27. The normalized spacial score (nSPS) is 12.2. The fraction of sp³-hybridized carbons (Fsp3) is 0.312. The summed E-state index contributed by atoms with van der Waals surface area (Å²) in [6, 6.07) is 12.5. The Morgan fingerprint density at radius 3 is 2.47 bits per heavy atom. The van der Waals surface area contributed by atoms with Gasteiger partial charge < -0.3 is 10.6 Å². The molecular weight excluding hydrogens is 234 g/mol. The third-order valence-electron chi connectivity index (χ3n) is 3.27. The molecule has 1 aromatic heterocycles. The second-order valence-corrected chi connectivity index (χ2v) is 4.72. The average molecular weight is 255 g/mol. The molecule has 2 rings (SSSR count). The van der Waals surface area contributed by atoms with E-state index in [2.05, 4.69) is 47.1 Å². The lowest BCUT2D eigenvalue weighted by molar-refractivity contribution is 0.777. The van der Waals surface area contributed by atoms with Crippen molar-refractivity contribution in [2.24, 2.45) is 5.73 Å². The summed E-state index contributed by atoms with van der Waals surface area (Å²) in [7, 11) is 0. The van der Waals surface area contributed by atoms with Crippen molar-refractivity contribution in [3.63, 3.8) is 0 Å². The third kappa shape index (κ3) is 3.32. The molecule has 1 aromatic carbocycles. The van der Waals surface area contributed by atoms with Gasteiger partial charge in [-0.05, 0) is 43.2 Å². The van der Waals surface area contributed by atoms with E-state index in [1.807, 2.05) is 25.4 Å². The van der Waals surface area contributed by atoms with Crippen LogP contribution in [0.1, 0.15) is 31.0 Å². The maximum absolute atomic E-state index is 6.06. The SMILES string of the molecule is CCN(Cc1ccncc1)c1ccccc1[C@@H](C)N.